The third kappa shape index (κ3) is 7.23. The molecule has 5 nitrogen and oxygen atoms in total. The average Bonchev–Trinajstić information content (AvgIpc) is 3.51. The molecule has 3 aromatic carbocycles. The lowest BCUT2D eigenvalue weighted by molar-refractivity contribution is -0.133. The third-order valence-corrected chi connectivity index (χ3v) is 8.30. The quantitative estimate of drug-likeness (QED) is 0.262. The van der Waals surface area contributed by atoms with Crippen LogP contribution in [0.2, 0.25) is 0 Å². The van der Waals surface area contributed by atoms with Crippen molar-refractivity contribution in [2.75, 3.05) is 39.3 Å². The summed E-state index contributed by atoms with van der Waals surface area (Å²) in [4.78, 5) is 34.2. The van der Waals surface area contributed by atoms with E-state index in [2.05, 4.69) is 4.90 Å². The molecule has 0 bridgehead atoms. The Morgan fingerprint density at radius 3 is 2.00 bits per heavy atom. The summed E-state index contributed by atoms with van der Waals surface area (Å²) in [6.07, 6.45) is 0.363. The second-order valence-corrected chi connectivity index (χ2v) is 11.2. The van der Waals surface area contributed by atoms with Crippen molar-refractivity contribution < 1.29 is 14.0 Å². The lowest BCUT2D eigenvalue weighted by atomic mass is 9.90. The molecule has 0 radical (unpaired) electrons. The Kier molecular flexibility index (Phi) is 9.37. The molecule has 1 fully saturated rings. The van der Waals surface area contributed by atoms with Crippen LogP contribution in [-0.4, -0.2) is 65.8 Å². The second kappa shape index (κ2) is 13.5. The largest absolute Gasteiger partial charge is 0.339 e. The van der Waals surface area contributed by atoms with Gasteiger partial charge >= 0.3 is 0 Å². The average molecular weight is 556 g/mol. The van der Waals surface area contributed by atoms with Crippen LogP contribution >= 0.6 is 11.3 Å². The van der Waals surface area contributed by atoms with E-state index in [-0.39, 0.29) is 23.5 Å². The van der Waals surface area contributed by atoms with Gasteiger partial charge in [0.2, 0.25) is 11.8 Å². The fraction of sp³-hybridized carbons (Fsp3) is 0.273. The summed E-state index contributed by atoms with van der Waals surface area (Å²) in [5.74, 6) is -0.417. The van der Waals surface area contributed by atoms with Crippen molar-refractivity contribution in [1.29, 1.82) is 0 Å². The molecule has 5 rings (SSSR count). The molecule has 0 N–H and O–H groups in total. The lowest BCUT2D eigenvalue weighted by Gasteiger charge is -2.37. The van der Waals surface area contributed by atoms with Crippen molar-refractivity contribution in [2.45, 2.75) is 18.9 Å². The van der Waals surface area contributed by atoms with E-state index in [1.165, 1.54) is 12.1 Å². The van der Waals surface area contributed by atoms with Gasteiger partial charge in [0, 0.05) is 50.7 Å². The summed E-state index contributed by atoms with van der Waals surface area (Å²) in [7, 11) is 0. The number of piperazine rings is 1. The van der Waals surface area contributed by atoms with E-state index >= 15 is 0 Å². The van der Waals surface area contributed by atoms with E-state index in [1.54, 1.807) is 23.5 Å². The van der Waals surface area contributed by atoms with Gasteiger partial charge in [-0.1, -0.05) is 78.9 Å². The normalized spacial score (nSPS) is 13.9. The number of benzene rings is 3. The Balaban J connectivity index is 1.20. The molecule has 206 valence electrons. The summed E-state index contributed by atoms with van der Waals surface area (Å²) in [6.45, 7) is 4.55. The molecule has 40 heavy (non-hydrogen) atoms. The zero-order valence-electron chi connectivity index (χ0n) is 22.5. The summed E-state index contributed by atoms with van der Waals surface area (Å²) < 4.78 is 13.4. The van der Waals surface area contributed by atoms with Crippen LogP contribution in [0.25, 0.3) is 0 Å². The van der Waals surface area contributed by atoms with Gasteiger partial charge < -0.3 is 9.80 Å². The molecule has 1 aliphatic rings. The monoisotopic (exact) mass is 555 g/mol. The van der Waals surface area contributed by atoms with E-state index in [9.17, 15) is 14.0 Å². The predicted octanol–water partition coefficient (Wildman–Crippen LogP) is 5.43. The van der Waals surface area contributed by atoms with E-state index in [0.29, 0.717) is 32.6 Å². The first-order valence-corrected chi connectivity index (χ1v) is 14.6. The fourth-order valence-corrected chi connectivity index (χ4v) is 5.88. The molecule has 7 heteroatoms. The molecular weight excluding hydrogens is 521 g/mol. The molecule has 1 saturated heterocycles. The van der Waals surface area contributed by atoms with Gasteiger partial charge in [-0.05, 0) is 40.3 Å². The fourth-order valence-electron chi connectivity index (χ4n) is 5.18. The molecule has 2 heterocycles. The molecule has 0 spiro atoms. The van der Waals surface area contributed by atoms with E-state index in [1.807, 2.05) is 88.0 Å². The second-order valence-electron chi connectivity index (χ2n) is 10.1. The molecular formula is C33H34FN3O2S. The van der Waals surface area contributed by atoms with Gasteiger partial charge in [-0.15, -0.1) is 11.3 Å². The number of carbonyl (C=O) groups is 2. The minimum absolute atomic E-state index is 0.0640. The topological polar surface area (TPSA) is 43.9 Å². The van der Waals surface area contributed by atoms with Crippen molar-refractivity contribution >= 4 is 23.2 Å². The number of hydrogen-bond acceptors (Lipinski definition) is 4. The molecule has 0 saturated carbocycles. The Morgan fingerprint density at radius 1 is 0.800 bits per heavy atom. The number of hydrogen-bond donors (Lipinski definition) is 0. The number of amides is 2. The first kappa shape index (κ1) is 27.7. The van der Waals surface area contributed by atoms with Crippen molar-refractivity contribution in [3.8, 4) is 0 Å². The summed E-state index contributed by atoms with van der Waals surface area (Å²) in [5, 5.41) is 1.98. The van der Waals surface area contributed by atoms with Crippen LogP contribution in [0.5, 0.6) is 0 Å². The van der Waals surface area contributed by atoms with E-state index in [4.69, 9.17) is 0 Å². The van der Waals surface area contributed by atoms with Crippen LogP contribution in [0.15, 0.2) is 102 Å². The van der Waals surface area contributed by atoms with Crippen molar-refractivity contribution in [1.82, 2.24) is 14.7 Å². The van der Waals surface area contributed by atoms with Gasteiger partial charge in [-0.25, -0.2) is 4.39 Å². The smallest absolute Gasteiger partial charge is 0.234 e. The zero-order chi connectivity index (χ0) is 27.7. The first-order chi connectivity index (χ1) is 19.6. The molecule has 0 aliphatic carbocycles. The maximum atomic E-state index is 13.8. The highest BCUT2D eigenvalue weighted by Gasteiger charge is 2.30. The van der Waals surface area contributed by atoms with Crippen molar-refractivity contribution in [2.24, 2.45) is 0 Å². The summed E-state index contributed by atoms with van der Waals surface area (Å²) >= 11 is 1.58. The summed E-state index contributed by atoms with van der Waals surface area (Å²) in [6, 6.07) is 30.2. The first-order valence-electron chi connectivity index (χ1n) is 13.7. The molecule has 1 aromatic heterocycles. The van der Waals surface area contributed by atoms with Gasteiger partial charge in [-0.3, -0.25) is 14.5 Å². The number of halogens is 1. The van der Waals surface area contributed by atoms with Crippen LogP contribution in [0.1, 0.15) is 27.5 Å². The molecule has 0 atom stereocenters. The highest BCUT2D eigenvalue weighted by atomic mass is 32.1. The minimum atomic E-state index is -0.324. The number of nitrogens with zero attached hydrogens (tertiary/aromatic N) is 3. The maximum Gasteiger partial charge on any atom is 0.234 e. The molecule has 4 aromatic rings. The third-order valence-electron chi connectivity index (χ3n) is 7.43. The van der Waals surface area contributed by atoms with Crippen molar-refractivity contribution in [3.63, 3.8) is 0 Å². The standard InChI is InChI=1S/C33H34FN3O2S/c34-29-15-13-26(14-16-29)25-37(31(38)24-30-12-7-23-40-30)22-19-35-17-20-36(21-18-35)33(39)32(27-8-3-1-4-9-27)28-10-5-2-6-11-28/h1-16,23,32H,17-22,24-25H2. The van der Waals surface area contributed by atoms with Crippen LogP contribution in [-0.2, 0) is 22.6 Å². The minimum Gasteiger partial charge on any atom is -0.339 e. The van der Waals surface area contributed by atoms with Crippen LogP contribution in [0.4, 0.5) is 4.39 Å². The maximum absolute atomic E-state index is 13.8. The Labute approximate surface area is 239 Å². The van der Waals surface area contributed by atoms with E-state index in [0.717, 1.165) is 41.2 Å². The number of carbonyl (C=O) groups excluding carboxylic acids is 2. The van der Waals surface area contributed by atoms with Crippen molar-refractivity contribution in [3.05, 3.63) is 130 Å². The van der Waals surface area contributed by atoms with Gasteiger partial charge in [0.1, 0.15) is 5.82 Å². The van der Waals surface area contributed by atoms with Gasteiger partial charge in [0.05, 0.1) is 12.3 Å². The summed E-state index contributed by atoms with van der Waals surface area (Å²) in [5.41, 5.74) is 2.91. The van der Waals surface area contributed by atoms with Gasteiger partial charge in [-0.2, -0.15) is 0 Å². The lowest BCUT2D eigenvalue weighted by Crippen LogP contribution is -2.51. The highest BCUT2D eigenvalue weighted by Crippen LogP contribution is 2.27. The molecule has 2 amide bonds. The Bertz CT molecular complexity index is 1320. The SMILES string of the molecule is O=C(Cc1cccs1)N(CCN1CCN(C(=O)C(c2ccccc2)c2ccccc2)CC1)Cc1ccc(F)cc1. The van der Waals surface area contributed by atoms with E-state index < -0.39 is 0 Å². The highest BCUT2D eigenvalue weighted by molar-refractivity contribution is 7.10. The Morgan fingerprint density at radius 2 is 1.43 bits per heavy atom. The molecule has 1 aliphatic heterocycles. The van der Waals surface area contributed by atoms with Crippen LogP contribution in [0.3, 0.4) is 0 Å². The van der Waals surface area contributed by atoms with Crippen LogP contribution < -0.4 is 0 Å². The number of thiophene rings is 1. The predicted molar refractivity (Wildman–Crippen MR) is 158 cm³/mol. The zero-order valence-corrected chi connectivity index (χ0v) is 23.3. The van der Waals surface area contributed by atoms with Crippen LogP contribution in [0, 0.1) is 5.82 Å². The van der Waals surface area contributed by atoms with Gasteiger partial charge in [0.25, 0.3) is 0 Å². The van der Waals surface area contributed by atoms with Gasteiger partial charge in [0.15, 0.2) is 0 Å². The Hall–Kier alpha value is -3.81. The molecule has 0 unspecified atom stereocenters. The number of rotatable bonds is 10.